The highest BCUT2D eigenvalue weighted by molar-refractivity contribution is 6.13. The fraction of sp³-hybridized carbons (Fsp3) is 0.560. The van der Waals surface area contributed by atoms with Crippen molar-refractivity contribution in [3.8, 4) is 0 Å². The quantitative estimate of drug-likeness (QED) is 0.614. The Morgan fingerprint density at radius 2 is 1.35 bits per heavy atom. The van der Waals surface area contributed by atoms with Crippen LogP contribution in [0.3, 0.4) is 0 Å². The van der Waals surface area contributed by atoms with Gasteiger partial charge in [0, 0.05) is 46.8 Å². The SMILES string of the molecule is CNc1ccc(C(C)(C)C(C)(C)NC(=O)C(C)(C)CC(C)(C)N2C(=O)C=CC2=O)cc1. The van der Waals surface area contributed by atoms with E-state index in [0.717, 1.165) is 11.3 Å². The van der Waals surface area contributed by atoms with Crippen LogP contribution in [-0.2, 0) is 19.8 Å². The first-order chi connectivity index (χ1) is 14.0. The zero-order valence-corrected chi connectivity index (χ0v) is 20.3. The van der Waals surface area contributed by atoms with Crippen LogP contribution in [0.15, 0.2) is 36.4 Å². The van der Waals surface area contributed by atoms with Gasteiger partial charge in [-0.05, 0) is 51.8 Å². The van der Waals surface area contributed by atoms with Crippen molar-refractivity contribution in [2.45, 2.75) is 78.3 Å². The Bertz CT molecular complexity index is 875. The smallest absolute Gasteiger partial charge is 0.254 e. The van der Waals surface area contributed by atoms with E-state index in [0.29, 0.717) is 6.42 Å². The van der Waals surface area contributed by atoms with Gasteiger partial charge in [0.25, 0.3) is 11.8 Å². The summed E-state index contributed by atoms with van der Waals surface area (Å²) in [6.45, 7) is 15.6. The largest absolute Gasteiger partial charge is 0.388 e. The number of anilines is 1. The van der Waals surface area contributed by atoms with Gasteiger partial charge in [-0.15, -0.1) is 0 Å². The molecule has 0 bridgehead atoms. The lowest BCUT2D eigenvalue weighted by molar-refractivity contribution is -0.146. The molecule has 0 saturated heterocycles. The lowest BCUT2D eigenvalue weighted by Crippen LogP contribution is -2.60. The number of benzene rings is 1. The van der Waals surface area contributed by atoms with Crippen molar-refractivity contribution >= 4 is 23.4 Å². The maximum absolute atomic E-state index is 13.4. The molecule has 0 radical (unpaired) electrons. The van der Waals surface area contributed by atoms with Crippen LogP contribution < -0.4 is 10.6 Å². The number of hydrogen-bond donors (Lipinski definition) is 2. The van der Waals surface area contributed by atoms with Crippen molar-refractivity contribution in [2.24, 2.45) is 5.41 Å². The van der Waals surface area contributed by atoms with Crippen LogP contribution in [0, 0.1) is 5.41 Å². The second-order valence-electron chi connectivity index (χ2n) is 10.7. The molecule has 6 nitrogen and oxygen atoms in total. The lowest BCUT2D eigenvalue weighted by Gasteiger charge is -2.45. The molecule has 1 aromatic carbocycles. The third kappa shape index (κ3) is 4.83. The summed E-state index contributed by atoms with van der Waals surface area (Å²) < 4.78 is 0. The molecule has 1 heterocycles. The first kappa shape index (κ1) is 24.6. The van der Waals surface area contributed by atoms with E-state index in [4.69, 9.17) is 0 Å². The number of rotatable bonds is 8. The second-order valence-corrected chi connectivity index (χ2v) is 10.7. The van der Waals surface area contributed by atoms with Gasteiger partial charge in [-0.3, -0.25) is 19.3 Å². The molecule has 0 aliphatic carbocycles. The molecule has 0 fully saturated rings. The van der Waals surface area contributed by atoms with Gasteiger partial charge in [-0.2, -0.15) is 0 Å². The Labute approximate surface area is 186 Å². The second kappa shape index (κ2) is 8.13. The van der Waals surface area contributed by atoms with E-state index in [1.807, 2.05) is 60.7 Å². The van der Waals surface area contributed by atoms with Crippen LogP contribution in [0.4, 0.5) is 5.69 Å². The predicted molar refractivity (Wildman–Crippen MR) is 125 cm³/mol. The van der Waals surface area contributed by atoms with Crippen molar-refractivity contribution in [2.75, 3.05) is 12.4 Å². The third-order valence-corrected chi connectivity index (χ3v) is 6.79. The molecular weight excluding hydrogens is 390 g/mol. The van der Waals surface area contributed by atoms with Gasteiger partial charge < -0.3 is 10.6 Å². The molecule has 2 rings (SSSR count). The monoisotopic (exact) mass is 427 g/mol. The average molecular weight is 428 g/mol. The minimum Gasteiger partial charge on any atom is -0.388 e. The van der Waals surface area contributed by atoms with E-state index in [1.54, 1.807) is 0 Å². The topological polar surface area (TPSA) is 78.5 Å². The zero-order valence-electron chi connectivity index (χ0n) is 20.3. The molecule has 0 atom stereocenters. The molecule has 1 aliphatic rings. The molecule has 0 aromatic heterocycles. The van der Waals surface area contributed by atoms with Crippen LogP contribution in [0.5, 0.6) is 0 Å². The lowest BCUT2D eigenvalue weighted by atomic mass is 9.68. The van der Waals surface area contributed by atoms with Crippen molar-refractivity contribution in [1.29, 1.82) is 0 Å². The van der Waals surface area contributed by atoms with Crippen LogP contribution in [0.25, 0.3) is 0 Å². The van der Waals surface area contributed by atoms with Gasteiger partial charge in [0.2, 0.25) is 5.91 Å². The highest BCUT2D eigenvalue weighted by Gasteiger charge is 2.46. The average Bonchev–Trinajstić information content (AvgIpc) is 2.99. The van der Waals surface area contributed by atoms with Crippen molar-refractivity contribution < 1.29 is 14.4 Å². The molecule has 3 amide bonds. The zero-order chi connectivity index (χ0) is 23.8. The van der Waals surface area contributed by atoms with E-state index in [1.165, 1.54) is 17.1 Å². The first-order valence-corrected chi connectivity index (χ1v) is 10.7. The van der Waals surface area contributed by atoms with Crippen LogP contribution >= 0.6 is 0 Å². The number of carbonyl (C=O) groups is 3. The molecule has 31 heavy (non-hydrogen) atoms. The Balaban J connectivity index is 2.20. The Morgan fingerprint density at radius 3 is 1.81 bits per heavy atom. The molecule has 1 aromatic rings. The number of hydrogen-bond acceptors (Lipinski definition) is 4. The third-order valence-electron chi connectivity index (χ3n) is 6.79. The fourth-order valence-electron chi connectivity index (χ4n) is 4.26. The molecule has 0 spiro atoms. The molecule has 2 N–H and O–H groups in total. The Morgan fingerprint density at radius 1 is 0.871 bits per heavy atom. The number of nitrogens with one attached hydrogen (secondary N) is 2. The van der Waals surface area contributed by atoms with Gasteiger partial charge in [0.05, 0.1) is 0 Å². The number of carbonyl (C=O) groups excluding carboxylic acids is 3. The van der Waals surface area contributed by atoms with Crippen molar-refractivity contribution in [3.63, 3.8) is 0 Å². The van der Waals surface area contributed by atoms with Gasteiger partial charge in [0.15, 0.2) is 0 Å². The van der Waals surface area contributed by atoms with Gasteiger partial charge in [-0.25, -0.2) is 0 Å². The Kier molecular flexibility index (Phi) is 6.47. The summed E-state index contributed by atoms with van der Waals surface area (Å²) in [5, 5.41) is 6.36. The predicted octanol–water partition coefficient (Wildman–Crippen LogP) is 4.02. The summed E-state index contributed by atoms with van der Waals surface area (Å²) in [7, 11) is 1.88. The summed E-state index contributed by atoms with van der Waals surface area (Å²) in [5.41, 5.74) is -0.324. The van der Waals surface area contributed by atoms with E-state index >= 15 is 0 Å². The standard InChI is InChI=1S/C25H37N3O3/c1-22(2,16-23(3,4)28-19(29)14-15-20(28)30)21(31)27-25(7,8)24(5,6)17-10-12-18(26-9)13-11-17/h10-15,26H,16H2,1-9H3,(H,27,31). The molecule has 170 valence electrons. The summed E-state index contributed by atoms with van der Waals surface area (Å²) in [6.07, 6.45) is 2.91. The molecule has 0 unspecified atom stereocenters. The molecule has 0 saturated carbocycles. The number of imide groups is 1. The van der Waals surface area contributed by atoms with Crippen LogP contribution in [0.2, 0.25) is 0 Å². The maximum Gasteiger partial charge on any atom is 0.254 e. The maximum atomic E-state index is 13.4. The first-order valence-electron chi connectivity index (χ1n) is 10.7. The molecular formula is C25H37N3O3. The summed E-state index contributed by atoms with van der Waals surface area (Å²) in [6, 6.07) is 8.20. The minimum atomic E-state index is -0.796. The van der Waals surface area contributed by atoms with Gasteiger partial charge >= 0.3 is 0 Å². The highest BCUT2D eigenvalue weighted by Crippen LogP contribution is 2.38. The minimum absolute atomic E-state index is 0.113. The number of amides is 3. The fourth-order valence-corrected chi connectivity index (χ4v) is 4.26. The van der Waals surface area contributed by atoms with E-state index in [9.17, 15) is 14.4 Å². The van der Waals surface area contributed by atoms with E-state index in [-0.39, 0.29) is 23.1 Å². The highest BCUT2D eigenvalue weighted by atomic mass is 16.2. The normalized spacial score (nSPS) is 15.5. The van der Waals surface area contributed by atoms with E-state index < -0.39 is 16.5 Å². The number of nitrogens with zero attached hydrogens (tertiary/aromatic N) is 1. The van der Waals surface area contributed by atoms with E-state index in [2.05, 4.69) is 36.6 Å². The summed E-state index contributed by atoms with van der Waals surface area (Å²) >= 11 is 0. The van der Waals surface area contributed by atoms with Gasteiger partial charge in [-0.1, -0.05) is 39.8 Å². The Hall–Kier alpha value is -2.63. The molecule has 6 heteroatoms. The van der Waals surface area contributed by atoms with Gasteiger partial charge in [0.1, 0.15) is 0 Å². The van der Waals surface area contributed by atoms with Crippen molar-refractivity contribution in [3.05, 3.63) is 42.0 Å². The van der Waals surface area contributed by atoms with Crippen molar-refractivity contribution in [1.82, 2.24) is 10.2 Å². The van der Waals surface area contributed by atoms with Crippen LogP contribution in [-0.4, -0.2) is 40.7 Å². The van der Waals surface area contributed by atoms with Crippen LogP contribution in [0.1, 0.15) is 67.4 Å². The summed E-state index contributed by atoms with van der Waals surface area (Å²) in [4.78, 5) is 39.0. The molecule has 1 aliphatic heterocycles. The summed E-state index contributed by atoms with van der Waals surface area (Å²) in [5.74, 6) is -0.784.